The molecule has 0 spiro atoms. The van der Waals surface area contributed by atoms with Crippen LogP contribution in [0.5, 0.6) is 0 Å². The van der Waals surface area contributed by atoms with E-state index < -0.39 is 0 Å². The van der Waals surface area contributed by atoms with Crippen LogP contribution in [0.2, 0.25) is 0 Å². The van der Waals surface area contributed by atoms with Gasteiger partial charge in [-0.15, -0.1) is 0 Å². The van der Waals surface area contributed by atoms with Gasteiger partial charge in [0.1, 0.15) is 6.61 Å². The molecule has 0 saturated heterocycles. The molecule has 0 fully saturated rings. The second-order valence-electron chi connectivity index (χ2n) is 3.11. The minimum absolute atomic E-state index is 0.100. The molecule has 82 valence electrons. The lowest BCUT2D eigenvalue weighted by molar-refractivity contribution is -0.125. The van der Waals surface area contributed by atoms with Crippen molar-refractivity contribution in [2.45, 2.75) is 13.5 Å². The molecule has 0 aliphatic carbocycles. The molecule has 1 aromatic rings. The molecule has 1 aromatic carbocycles. The van der Waals surface area contributed by atoms with Crippen LogP contribution in [0.15, 0.2) is 24.3 Å². The van der Waals surface area contributed by atoms with Crippen molar-refractivity contribution in [2.75, 3.05) is 18.9 Å². The van der Waals surface area contributed by atoms with Crippen molar-refractivity contribution >= 4 is 11.6 Å². The number of ether oxygens (including phenoxy) is 1. The van der Waals surface area contributed by atoms with E-state index in [9.17, 15) is 4.79 Å². The molecule has 0 radical (unpaired) electrons. The molecule has 4 heteroatoms. The topological polar surface area (TPSA) is 64.3 Å². The number of carbonyl (C=O) groups excluding carboxylic acids is 1. The van der Waals surface area contributed by atoms with Gasteiger partial charge in [0, 0.05) is 18.8 Å². The Kier molecular flexibility index (Phi) is 4.63. The number of benzene rings is 1. The van der Waals surface area contributed by atoms with E-state index in [1.807, 2.05) is 31.2 Å². The van der Waals surface area contributed by atoms with Gasteiger partial charge in [-0.25, -0.2) is 0 Å². The number of nitrogens with two attached hydrogens (primary N) is 1. The summed E-state index contributed by atoms with van der Waals surface area (Å²) < 4.78 is 4.97. The second kappa shape index (κ2) is 6.03. The van der Waals surface area contributed by atoms with Crippen molar-refractivity contribution in [1.82, 2.24) is 5.32 Å². The zero-order valence-electron chi connectivity index (χ0n) is 8.82. The van der Waals surface area contributed by atoms with Crippen LogP contribution < -0.4 is 11.1 Å². The van der Waals surface area contributed by atoms with Crippen molar-refractivity contribution < 1.29 is 9.53 Å². The first-order valence-electron chi connectivity index (χ1n) is 4.92. The summed E-state index contributed by atoms with van der Waals surface area (Å²) in [5, 5.41) is 2.73. The van der Waals surface area contributed by atoms with Gasteiger partial charge < -0.3 is 15.8 Å². The SMILES string of the molecule is CCOCC(=O)NCc1ccccc1N. The second-order valence-corrected chi connectivity index (χ2v) is 3.11. The third-order valence-electron chi connectivity index (χ3n) is 1.97. The average molecular weight is 208 g/mol. The fourth-order valence-corrected chi connectivity index (χ4v) is 1.13. The molecule has 15 heavy (non-hydrogen) atoms. The van der Waals surface area contributed by atoms with E-state index in [0.29, 0.717) is 18.8 Å². The minimum atomic E-state index is -0.125. The fraction of sp³-hybridized carbons (Fsp3) is 0.364. The highest BCUT2D eigenvalue weighted by molar-refractivity contribution is 5.77. The zero-order valence-corrected chi connectivity index (χ0v) is 8.82. The van der Waals surface area contributed by atoms with E-state index in [1.54, 1.807) is 0 Å². The van der Waals surface area contributed by atoms with Crippen LogP contribution in [0.1, 0.15) is 12.5 Å². The van der Waals surface area contributed by atoms with Crippen molar-refractivity contribution in [3.63, 3.8) is 0 Å². The number of anilines is 1. The fourth-order valence-electron chi connectivity index (χ4n) is 1.13. The van der Waals surface area contributed by atoms with E-state index in [2.05, 4.69) is 5.32 Å². The van der Waals surface area contributed by atoms with Gasteiger partial charge >= 0.3 is 0 Å². The third kappa shape index (κ3) is 3.99. The molecule has 0 aliphatic heterocycles. The summed E-state index contributed by atoms with van der Waals surface area (Å²) in [6, 6.07) is 7.45. The monoisotopic (exact) mass is 208 g/mol. The maximum absolute atomic E-state index is 11.2. The Morgan fingerprint density at radius 3 is 2.87 bits per heavy atom. The van der Waals surface area contributed by atoms with Gasteiger partial charge in [0.2, 0.25) is 5.91 Å². The van der Waals surface area contributed by atoms with Gasteiger partial charge in [-0.2, -0.15) is 0 Å². The van der Waals surface area contributed by atoms with E-state index >= 15 is 0 Å². The summed E-state index contributed by atoms with van der Waals surface area (Å²) in [6.07, 6.45) is 0. The Hall–Kier alpha value is -1.55. The molecule has 0 saturated carbocycles. The highest BCUT2D eigenvalue weighted by atomic mass is 16.5. The Morgan fingerprint density at radius 2 is 2.20 bits per heavy atom. The van der Waals surface area contributed by atoms with E-state index in [4.69, 9.17) is 10.5 Å². The summed E-state index contributed by atoms with van der Waals surface area (Å²) in [7, 11) is 0. The summed E-state index contributed by atoms with van der Waals surface area (Å²) >= 11 is 0. The molecule has 0 aliphatic rings. The summed E-state index contributed by atoms with van der Waals surface area (Å²) in [4.78, 5) is 11.2. The lowest BCUT2D eigenvalue weighted by Crippen LogP contribution is -2.27. The molecule has 1 rings (SSSR count). The molecule has 0 unspecified atom stereocenters. The molecule has 0 bridgehead atoms. The summed E-state index contributed by atoms with van der Waals surface area (Å²) in [6.45, 7) is 2.94. The molecule has 1 amide bonds. The van der Waals surface area contributed by atoms with E-state index in [0.717, 1.165) is 5.56 Å². The molecule has 0 atom stereocenters. The maximum Gasteiger partial charge on any atom is 0.246 e. The number of hydrogen-bond acceptors (Lipinski definition) is 3. The predicted molar refractivity (Wildman–Crippen MR) is 59.2 cm³/mol. The van der Waals surface area contributed by atoms with E-state index in [1.165, 1.54) is 0 Å². The Balaban J connectivity index is 2.37. The molecule has 0 aromatic heterocycles. The van der Waals surface area contributed by atoms with Gasteiger partial charge in [-0.3, -0.25) is 4.79 Å². The molecular formula is C11H16N2O2. The van der Waals surface area contributed by atoms with Gasteiger partial charge in [0.05, 0.1) is 0 Å². The average Bonchev–Trinajstić information content (AvgIpc) is 2.25. The Labute approximate surface area is 89.4 Å². The van der Waals surface area contributed by atoms with Crippen molar-refractivity contribution in [3.8, 4) is 0 Å². The number of para-hydroxylation sites is 1. The highest BCUT2D eigenvalue weighted by Gasteiger charge is 2.02. The number of amides is 1. The molecular weight excluding hydrogens is 192 g/mol. The van der Waals surface area contributed by atoms with Gasteiger partial charge in [0.15, 0.2) is 0 Å². The standard InChI is InChI=1S/C11H16N2O2/c1-2-15-8-11(14)13-7-9-5-3-4-6-10(9)12/h3-6H,2,7-8,12H2,1H3,(H,13,14). The molecule has 3 N–H and O–H groups in total. The zero-order chi connectivity index (χ0) is 11.1. The first-order valence-corrected chi connectivity index (χ1v) is 4.92. The van der Waals surface area contributed by atoms with Crippen molar-refractivity contribution in [2.24, 2.45) is 0 Å². The van der Waals surface area contributed by atoms with Crippen LogP contribution in [0.3, 0.4) is 0 Å². The van der Waals surface area contributed by atoms with Crippen LogP contribution in [-0.2, 0) is 16.1 Å². The first-order chi connectivity index (χ1) is 7.24. The van der Waals surface area contributed by atoms with Crippen LogP contribution in [0.4, 0.5) is 5.69 Å². The van der Waals surface area contributed by atoms with E-state index in [-0.39, 0.29) is 12.5 Å². The van der Waals surface area contributed by atoms with Crippen LogP contribution >= 0.6 is 0 Å². The van der Waals surface area contributed by atoms with Gasteiger partial charge in [-0.1, -0.05) is 18.2 Å². The minimum Gasteiger partial charge on any atom is -0.398 e. The number of nitrogens with one attached hydrogen (secondary N) is 1. The van der Waals surface area contributed by atoms with Crippen molar-refractivity contribution in [3.05, 3.63) is 29.8 Å². The number of carbonyl (C=O) groups is 1. The lowest BCUT2D eigenvalue weighted by Gasteiger charge is -2.07. The number of nitrogen functional groups attached to an aromatic ring is 1. The highest BCUT2D eigenvalue weighted by Crippen LogP contribution is 2.09. The maximum atomic E-state index is 11.2. The number of hydrogen-bond donors (Lipinski definition) is 2. The predicted octanol–water partition coefficient (Wildman–Crippen LogP) is 0.921. The van der Waals surface area contributed by atoms with Crippen LogP contribution in [0, 0.1) is 0 Å². The van der Waals surface area contributed by atoms with Crippen LogP contribution in [-0.4, -0.2) is 19.1 Å². The van der Waals surface area contributed by atoms with Gasteiger partial charge in [-0.05, 0) is 18.6 Å². The van der Waals surface area contributed by atoms with Crippen molar-refractivity contribution in [1.29, 1.82) is 0 Å². The normalized spacial score (nSPS) is 9.93. The summed E-state index contributed by atoms with van der Waals surface area (Å²) in [5.41, 5.74) is 7.33. The summed E-state index contributed by atoms with van der Waals surface area (Å²) in [5.74, 6) is -0.125. The van der Waals surface area contributed by atoms with Crippen LogP contribution in [0.25, 0.3) is 0 Å². The third-order valence-corrected chi connectivity index (χ3v) is 1.97. The smallest absolute Gasteiger partial charge is 0.246 e. The van der Waals surface area contributed by atoms with Gasteiger partial charge in [0.25, 0.3) is 0 Å². The molecule has 0 heterocycles. The Bertz CT molecular complexity index is 326. The quantitative estimate of drug-likeness (QED) is 0.707. The first kappa shape index (κ1) is 11.5. The number of rotatable bonds is 5. The lowest BCUT2D eigenvalue weighted by atomic mass is 10.2. The Morgan fingerprint density at radius 1 is 1.47 bits per heavy atom. The largest absolute Gasteiger partial charge is 0.398 e. The molecule has 4 nitrogen and oxygen atoms in total.